The Labute approximate surface area is 158 Å². The number of benzene rings is 1. The van der Waals surface area contributed by atoms with Crippen molar-refractivity contribution in [1.29, 1.82) is 0 Å². The molecule has 0 spiro atoms. The maximum absolute atomic E-state index is 12.7. The third-order valence-electron chi connectivity index (χ3n) is 4.97. The molecule has 128 valence electrons. The van der Waals surface area contributed by atoms with Crippen molar-refractivity contribution in [3.63, 3.8) is 0 Å². The van der Waals surface area contributed by atoms with E-state index >= 15 is 0 Å². The molecule has 0 saturated heterocycles. The Bertz CT molecular complexity index is 712. The Morgan fingerprint density at radius 3 is 2.50 bits per heavy atom. The lowest BCUT2D eigenvalue weighted by Crippen LogP contribution is -2.35. The number of aryl methyl sites for hydroxylation is 1. The minimum Gasteiger partial charge on any atom is -0.318 e. The van der Waals surface area contributed by atoms with Crippen LogP contribution in [0.4, 0.5) is 0 Å². The molecule has 0 unspecified atom stereocenters. The molecule has 1 aromatic heterocycles. The standard InChI is InChI=1S/C20H25IN2O/c1-14-12-19(20(24)13-22-17-6-4-3-5-7-17)15(2)23(14)18-10-8-16(21)9-11-18/h8-12,17,22H,3-7,13H2,1-2H3. The molecule has 1 aliphatic carbocycles. The summed E-state index contributed by atoms with van der Waals surface area (Å²) >= 11 is 2.31. The van der Waals surface area contributed by atoms with Gasteiger partial charge in [-0.15, -0.1) is 0 Å². The topological polar surface area (TPSA) is 34.0 Å². The number of halogens is 1. The summed E-state index contributed by atoms with van der Waals surface area (Å²) in [6.45, 7) is 4.55. The van der Waals surface area contributed by atoms with Gasteiger partial charge in [-0.25, -0.2) is 0 Å². The van der Waals surface area contributed by atoms with Crippen molar-refractivity contribution in [2.45, 2.75) is 52.0 Å². The number of rotatable bonds is 5. The number of carbonyl (C=O) groups excluding carboxylic acids is 1. The lowest BCUT2D eigenvalue weighted by molar-refractivity contribution is 0.0984. The summed E-state index contributed by atoms with van der Waals surface area (Å²) in [7, 11) is 0. The predicted molar refractivity (Wildman–Crippen MR) is 107 cm³/mol. The summed E-state index contributed by atoms with van der Waals surface area (Å²) in [5.41, 5.74) is 4.10. The van der Waals surface area contributed by atoms with E-state index in [0.717, 1.165) is 22.6 Å². The number of ketones is 1. The van der Waals surface area contributed by atoms with Gasteiger partial charge in [0.1, 0.15) is 0 Å². The minimum absolute atomic E-state index is 0.199. The first kappa shape index (κ1) is 17.7. The zero-order chi connectivity index (χ0) is 17.1. The van der Waals surface area contributed by atoms with E-state index in [0.29, 0.717) is 12.6 Å². The normalized spacial score (nSPS) is 15.6. The van der Waals surface area contributed by atoms with Gasteiger partial charge >= 0.3 is 0 Å². The van der Waals surface area contributed by atoms with Crippen molar-refractivity contribution in [1.82, 2.24) is 9.88 Å². The molecule has 0 aliphatic heterocycles. The first-order valence-electron chi connectivity index (χ1n) is 8.77. The average Bonchev–Trinajstić information content (AvgIpc) is 2.89. The molecular formula is C20H25IN2O. The van der Waals surface area contributed by atoms with Crippen molar-refractivity contribution in [2.24, 2.45) is 0 Å². The van der Waals surface area contributed by atoms with E-state index in [1.54, 1.807) is 0 Å². The number of carbonyl (C=O) groups is 1. The van der Waals surface area contributed by atoms with Crippen LogP contribution >= 0.6 is 22.6 Å². The van der Waals surface area contributed by atoms with E-state index in [2.05, 4.69) is 63.7 Å². The number of hydrogen-bond acceptors (Lipinski definition) is 2. The fourth-order valence-corrected chi connectivity index (χ4v) is 4.03. The first-order valence-corrected chi connectivity index (χ1v) is 9.85. The molecule has 1 N–H and O–H groups in total. The molecule has 1 fully saturated rings. The van der Waals surface area contributed by atoms with Crippen LogP contribution in [0.2, 0.25) is 0 Å². The highest BCUT2D eigenvalue weighted by molar-refractivity contribution is 14.1. The molecule has 1 aliphatic rings. The lowest BCUT2D eigenvalue weighted by atomic mass is 9.95. The monoisotopic (exact) mass is 436 g/mol. The molecule has 1 saturated carbocycles. The molecular weight excluding hydrogens is 411 g/mol. The third kappa shape index (κ3) is 3.91. The predicted octanol–water partition coefficient (Wildman–Crippen LogP) is 4.80. The van der Waals surface area contributed by atoms with Gasteiger partial charge in [-0.1, -0.05) is 19.3 Å². The Kier molecular flexibility index (Phi) is 5.76. The lowest BCUT2D eigenvalue weighted by Gasteiger charge is -2.22. The van der Waals surface area contributed by atoms with Gasteiger partial charge in [-0.05, 0) is 79.6 Å². The molecule has 1 aromatic carbocycles. The molecule has 2 aromatic rings. The van der Waals surface area contributed by atoms with Crippen LogP contribution in [-0.4, -0.2) is 22.9 Å². The van der Waals surface area contributed by atoms with E-state index in [1.165, 1.54) is 35.7 Å². The molecule has 3 rings (SSSR count). The molecule has 0 radical (unpaired) electrons. The van der Waals surface area contributed by atoms with Crippen molar-refractivity contribution >= 4 is 28.4 Å². The van der Waals surface area contributed by atoms with Crippen molar-refractivity contribution in [3.8, 4) is 5.69 Å². The summed E-state index contributed by atoms with van der Waals surface area (Å²) in [6.07, 6.45) is 6.31. The second-order valence-electron chi connectivity index (χ2n) is 6.74. The van der Waals surface area contributed by atoms with Gasteiger partial charge in [-0.3, -0.25) is 4.79 Å². The van der Waals surface area contributed by atoms with E-state index in [9.17, 15) is 4.79 Å². The molecule has 1 heterocycles. The van der Waals surface area contributed by atoms with Gasteiger partial charge in [0, 0.05) is 32.3 Å². The average molecular weight is 436 g/mol. The molecule has 3 nitrogen and oxygen atoms in total. The Morgan fingerprint density at radius 2 is 1.83 bits per heavy atom. The second kappa shape index (κ2) is 7.83. The zero-order valence-electron chi connectivity index (χ0n) is 14.4. The third-order valence-corrected chi connectivity index (χ3v) is 5.69. The van der Waals surface area contributed by atoms with Crippen LogP contribution in [0.15, 0.2) is 30.3 Å². The minimum atomic E-state index is 0.199. The van der Waals surface area contributed by atoms with E-state index < -0.39 is 0 Å². The van der Waals surface area contributed by atoms with Crippen LogP contribution < -0.4 is 5.32 Å². The highest BCUT2D eigenvalue weighted by Gasteiger charge is 2.19. The quantitative estimate of drug-likeness (QED) is 0.540. The second-order valence-corrected chi connectivity index (χ2v) is 7.98. The largest absolute Gasteiger partial charge is 0.318 e. The van der Waals surface area contributed by atoms with Crippen LogP contribution in [0.3, 0.4) is 0 Å². The van der Waals surface area contributed by atoms with Crippen LogP contribution in [0.1, 0.15) is 53.8 Å². The van der Waals surface area contributed by atoms with Gasteiger partial charge in [0.15, 0.2) is 5.78 Å². The molecule has 0 atom stereocenters. The van der Waals surface area contributed by atoms with Crippen molar-refractivity contribution < 1.29 is 4.79 Å². The molecule has 24 heavy (non-hydrogen) atoms. The van der Waals surface area contributed by atoms with Gasteiger partial charge in [0.05, 0.1) is 6.54 Å². The van der Waals surface area contributed by atoms with E-state index in [1.807, 2.05) is 13.0 Å². The summed E-state index contributed by atoms with van der Waals surface area (Å²) in [6, 6.07) is 11.0. The van der Waals surface area contributed by atoms with Crippen molar-refractivity contribution in [2.75, 3.05) is 6.54 Å². The van der Waals surface area contributed by atoms with Crippen LogP contribution in [0.25, 0.3) is 5.69 Å². The molecule has 4 heteroatoms. The van der Waals surface area contributed by atoms with Gasteiger partial charge in [0.25, 0.3) is 0 Å². The number of nitrogens with zero attached hydrogens (tertiary/aromatic N) is 1. The summed E-state index contributed by atoms with van der Waals surface area (Å²) < 4.78 is 3.39. The van der Waals surface area contributed by atoms with Crippen LogP contribution in [-0.2, 0) is 0 Å². The number of Topliss-reactive ketones (excluding diaryl/α,β-unsaturated/α-hetero) is 1. The summed E-state index contributed by atoms with van der Waals surface area (Å²) in [5.74, 6) is 0.199. The van der Waals surface area contributed by atoms with Gasteiger partial charge in [0.2, 0.25) is 0 Å². The highest BCUT2D eigenvalue weighted by Crippen LogP contribution is 2.22. The summed E-state index contributed by atoms with van der Waals surface area (Å²) in [4.78, 5) is 12.7. The number of aromatic nitrogens is 1. The van der Waals surface area contributed by atoms with Crippen molar-refractivity contribution in [3.05, 3.63) is 50.9 Å². The van der Waals surface area contributed by atoms with Crippen LogP contribution in [0.5, 0.6) is 0 Å². The summed E-state index contributed by atoms with van der Waals surface area (Å²) in [5, 5.41) is 3.46. The Hall–Kier alpha value is -1.14. The maximum atomic E-state index is 12.7. The van der Waals surface area contributed by atoms with E-state index in [-0.39, 0.29) is 5.78 Å². The maximum Gasteiger partial charge on any atom is 0.178 e. The highest BCUT2D eigenvalue weighted by atomic mass is 127. The molecule has 0 amide bonds. The number of hydrogen-bond donors (Lipinski definition) is 1. The Morgan fingerprint density at radius 1 is 1.17 bits per heavy atom. The van der Waals surface area contributed by atoms with Crippen LogP contribution in [0, 0.1) is 17.4 Å². The fraction of sp³-hybridized carbons (Fsp3) is 0.450. The van der Waals surface area contributed by atoms with E-state index in [4.69, 9.17) is 0 Å². The van der Waals surface area contributed by atoms with Gasteiger partial charge in [-0.2, -0.15) is 0 Å². The van der Waals surface area contributed by atoms with Gasteiger partial charge < -0.3 is 9.88 Å². The molecule has 0 bridgehead atoms. The first-order chi connectivity index (χ1) is 11.6. The number of nitrogens with one attached hydrogen (secondary N) is 1. The fourth-order valence-electron chi connectivity index (χ4n) is 3.67. The SMILES string of the molecule is Cc1cc(C(=O)CNC2CCCCC2)c(C)n1-c1ccc(I)cc1. The zero-order valence-corrected chi connectivity index (χ0v) is 16.6. The smallest absolute Gasteiger partial charge is 0.178 e. The Balaban J connectivity index is 1.75.